The fraction of sp³-hybridized carbons (Fsp3) is 0.864. The molecule has 7 nitrogen and oxygen atoms in total. The first kappa shape index (κ1) is 26.8. The van der Waals surface area contributed by atoms with Crippen molar-refractivity contribution in [2.75, 3.05) is 47.9 Å². The van der Waals surface area contributed by atoms with Gasteiger partial charge in [-0.2, -0.15) is 27.6 Å². The molecule has 0 bridgehead atoms. The number of nitrogens with one attached hydrogen (secondary N) is 3. The van der Waals surface area contributed by atoms with Gasteiger partial charge in [0.1, 0.15) is 0 Å². The molecule has 30 heavy (non-hydrogen) atoms. The third kappa shape index (κ3) is 14.7. The van der Waals surface area contributed by atoms with Crippen molar-refractivity contribution in [1.29, 1.82) is 0 Å². The molecule has 0 saturated carbocycles. The summed E-state index contributed by atoms with van der Waals surface area (Å²) in [5.74, 6) is 2.50. The van der Waals surface area contributed by atoms with Crippen LogP contribution in [0.1, 0.15) is 90.4 Å². The van der Waals surface area contributed by atoms with Gasteiger partial charge in [-0.1, -0.05) is 77.6 Å². The second kappa shape index (κ2) is 19.7. The van der Waals surface area contributed by atoms with Gasteiger partial charge in [-0.05, 0) is 19.4 Å². The van der Waals surface area contributed by atoms with Crippen molar-refractivity contribution in [2.45, 2.75) is 90.4 Å². The molecule has 0 atom stereocenters. The molecule has 8 heteroatoms. The summed E-state index contributed by atoms with van der Waals surface area (Å²) in [5.41, 5.74) is 5.55. The molecule has 1 rings (SSSR count). The van der Waals surface area contributed by atoms with Gasteiger partial charge in [0.25, 0.3) is 0 Å². The van der Waals surface area contributed by atoms with Crippen molar-refractivity contribution in [3.63, 3.8) is 0 Å². The van der Waals surface area contributed by atoms with E-state index in [2.05, 4.69) is 50.5 Å². The molecular formula is C22H45N7S. The molecule has 1 aromatic heterocycles. The minimum Gasteiger partial charge on any atom is -0.354 e. The number of aromatic nitrogens is 3. The zero-order valence-electron chi connectivity index (χ0n) is 19.1. The van der Waals surface area contributed by atoms with Crippen LogP contribution < -0.4 is 21.7 Å². The lowest BCUT2D eigenvalue weighted by atomic mass is 10.1. The van der Waals surface area contributed by atoms with Crippen LogP contribution in [0.25, 0.3) is 0 Å². The van der Waals surface area contributed by atoms with Crippen LogP contribution in [0.2, 0.25) is 0 Å². The van der Waals surface area contributed by atoms with Crippen LogP contribution in [0.3, 0.4) is 0 Å². The highest BCUT2D eigenvalue weighted by Crippen LogP contribution is 2.13. The molecule has 5 N–H and O–H groups in total. The van der Waals surface area contributed by atoms with E-state index in [1.54, 1.807) is 0 Å². The summed E-state index contributed by atoms with van der Waals surface area (Å²) < 4.78 is 0. The van der Waals surface area contributed by atoms with Crippen molar-refractivity contribution in [3.05, 3.63) is 0 Å². The van der Waals surface area contributed by atoms with E-state index in [9.17, 15) is 0 Å². The van der Waals surface area contributed by atoms with Gasteiger partial charge in [0, 0.05) is 25.4 Å². The molecule has 0 saturated heterocycles. The first-order chi connectivity index (χ1) is 14.8. The summed E-state index contributed by atoms with van der Waals surface area (Å²) in [5, 5.41) is 9.72. The molecule has 0 aliphatic carbocycles. The van der Waals surface area contributed by atoms with Crippen molar-refractivity contribution in [2.24, 2.45) is 5.73 Å². The summed E-state index contributed by atoms with van der Waals surface area (Å²) in [6.45, 7) is 5.28. The molecule has 0 aromatic carbocycles. The molecule has 1 heterocycles. The molecule has 174 valence electrons. The Bertz CT molecular complexity index is 516. The van der Waals surface area contributed by atoms with Gasteiger partial charge in [0.05, 0.1) is 0 Å². The highest BCUT2D eigenvalue weighted by molar-refractivity contribution is 7.80. The van der Waals surface area contributed by atoms with Crippen molar-refractivity contribution in [1.82, 2.24) is 15.0 Å². The van der Waals surface area contributed by atoms with Gasteiger partial charge in [0.2, 0.25) is 17.8 Å². The van der Waals surface area contributed by atoms with Gasteiger partial charge in [0.15, 0.2) is 0 Å². The van der Waals surface area contributed by atoms with Crippen molar-refractivity contribution in [3.8, 4) is 0 Å². The van der Waals surface area contributed by atoms with Crippen LogP contribution in [0.5, 0.6) is 0 Å². The predicted octanol–water partition coefficient (Wildman–Crippen LogP) is 5.09. The highest BCUT2D eigenvalue weighted by Gasteiger charge is 2.06. The second-order valence-electron chi connectivity index (χ2n) is 7.84. The van der Waals surface area contributed by atoms with Crippen molar-refractivity contribution < 1.29 is 0 Å². The summed E-state index contributed by atoms with van der Waals surface area (Å²) in [7, 11) is 0. The Morgan fingerprint density at radius 1 is 0.600 bits per heavy atom. The average Bonchev–Trinajstić information content (AvgIpc) is 2.75. The van der Waals surface area contributed by atoms with E-state index in [-0.39, 0.29) is 0 Å². The SMILES string of the molecule is CCCCCCCCCCCCCCNc1nc(NCCS)nc(NCCCN)n1. The minimum atomic E-state index is 0.575. The van der Waals surface area contributed by atoms with E-state index in [0.29, 0.717) is 30.9 Å². The maximum absolute atomic E-state index is 5.55. The first-order valence-electron chi connectivity index (χ1n) is 12.1. The normalized spacial score (nSPS) is 10.9. The number of thiol groups is 1. The van der Waals surface area contributed by atoms with Crippen LogP contribution >= 0.6 is 12.6 Å². The van der Waals surface area contributed by atoms with E-state index in [4.69, 9.17) is 5.73 Å². The molecule has 0 unspecified atom stereocenters. The van der Waals surface area contributed by atoms with E-state index in [1.807, 2.05) is 0 Å². The minimum absolute atomic E-state index is 0.575. The van der Waals surface area contributed by atoms with Gasteiger partial charge < -0.3 is 21.7 Å². The van der Waals surface area contributed by atoms with Gasteiger partial charge in [-0.25, -0.2) is 0 Å². The Balaban J connectivity index is 2.16. The lowest BCUT2D eigenvalue weighted by Crippen LogP contribution is -2.15. The Hall–Kier alpha value is -1.28. The molecule has 0 aliphatic rings. The van der Waals surface area contributed by atoms with E-state index >= 15 is 0 Å². The largest absolute Gasteiger partial charge is 0.354 e. The third-order valence-electron chi connectivity index (χ3n) is 5.01. The lowest BCUT2D eigenvalue weighted by molar-refractivity contribution is 0.546. The molecule has 0 aliphatic heterocycles. The van der Waals surface area contributed by atoms with Crippen molar-refractivity contribution >= 4 is 30.5 Å². The van der Waals surface area contributed by atoms with E-state index in [0.717, 1.165) is 31.7 Å². The summed E-state index contributed by atoms with van der Waals surface area (Å²) in [6.07, 6.45) is 17.1. The Kier molecular flexibility index (Phi) is 17.5. The number of nitrogens with two attached hydrogens (primary N) is 1. The summed E-state index contributed by atoms with van der Waals surface area (Å²) >= 11 is 4.23. The molecule has 0 amide bonds. The van der Waals surface area contributed by atoms with Crippen LogP contribution in [0.15, 0.2) is 0 Å². The molecule has 0 fully saturated rings. The number of anilines is 3. The van der Waals surface area contributed by atoms with Crippen LogP contribution in [-0.4, -0.2) is 46.9 Å². The zero-order valence-corrected chi connectivity index (χ0v) is 20.0. The molecule has 0 radical (unpaired) electrons. The molecule has 0 spiro atoms. The number of nitrogens with zero attached hydrogens (tertiary/aromatic N) is 3. The lowest BCUT2D eigenvalue weighted by Gasteiger charge is -2.11. The second-order valence-corrected chi connectivity index (χ2v) is 8.29. The van der Waals surface area contributed by atoms with Gasteiger partial charge in [-0.3, -0.25) is 0 Å². The quantitative estimate of drug-likeness (QED) is 0.134. The Labute approximate surface area is 189 Å². The average molecular weight is 440 g/mol. The Morgan fingerprint density at radius 2 is 1.00 bits per heavy atom. The number of hydrogen-bond acceptors (Lipinski definition) is 8. The third-order valence-corrected chi connectivity index (χ3v) is 5.23. The summed E-state index contributed by atoms with van der Waals surface area (Å²) in [4.78, 5) is 13.3. The highest BCUT2D eigenvalue weighted by atomic mass is 32.1. The van der Waals surface area contributed by atoms with Gasteiger partial charge >= 0.3 is 0 Å². The van der Waals surface area contributed by atoms with Crippen LogP contribution in [0, 0.1) is 0 Å². The zero-order chi connectivity index (χ0) is 21.7. The van der Waals surface area contributed by atoms with Gasteiger partial charge in [-0.15, -0.1) is 0 Å². The van der Waals surface area contributed by atoms with Crippen LogP contribution in [-0.2, 0) is 0 Å². The predicted molar refractivity (Wildman–Crippen MR) is 134 cm³/mol. The molecular weight excluding hydrogens is 394 g/mol. The smallest absolute Gasteiger partial charge is 0.229 e. The maximum Gasteiger partial charge on any atom is 0.229 e. The topological polar surface area (TPSA) is 101 Å². The number of unbranched alkanes of at least 4 members (excludes halogenated alkanes) is 11. The standard InChI is InChI=1S/C22H45N7S/c1-2-3-4-5-6-7-8-9-10-11-12-13-16-24-20-27-21(25-17-14-15-23)29-22(28-20)26-18-19-30/h30H,2-19,23H2,1H3,(H3,24,25,26,27,28,29). The maximum atomic E-state index is 5.55. The first-order valence-corrected chi connectivity index (χ1v) is 12.7. The monoisotopic (exact) mass is 439 g/mol. The molecule has 1 aromatic rings. The van der Waals surface area contributed by atoms with E-state index < -0.39 is 0 Å². The fourth-order valence-electron chi connectivity index (χ4n) is 3.25. The van der Waals surface area contributed by atoms with Crippen LogP contribution in [0.4, 0.5) is 17.8 Å². The summed E-state index contributed by atoms with van der Waals surface area (Å²) in [6, 6.07) is 0. The fourth-order valence-corrected chi connectivity index (χ4v) is 3.36. The Morgan fingerprint density at radius 3 is 1.43 bits per heavy atom. The number of rotatable bonds is 21. The van der Waals surface area contributed by atoms with E-state index in [1.165, 1.54) is 70.6 Å². The number of hydrogen-bond donors (Lipinski definition) is 5.